The van der Waals surface area contributed by atoms with Gasteiger partial charge in [0.25, 0.3) is 0 Å². The molecule has 13 heavy (non-hydrogen) atoms. The highest BCUT2D eigenvalue weighted by Gasteiger charge is 2.01. The molecule has 0 heterocycles. The molecule has 0 spiro atoms. The third-order valence-electron chi connectivity index (χ3n) is 1.59. The molecule has 0 saturated heterocycles. The summed E-state index contributed by atoms with van der Waals surface area (Å²) in [7, 11) is 0. The predicted molar refractivity (Wildman–Crippen MR) is 57.2 cm³/mol. The van der Waals surface area contributed by atoms with Gasteiger partial charge in [0.15, 0.2) is 0 Å². The Bertz CT molecular complexity index is 280. The summed E-state index contributed by atoms with van der Waals surface area (Å²) in [6.45, 7) is 0.658. The number of hydrogen-bond acceptors (Lipinski definition) is 3. The molecule has 0 saturated carbocycles. The minimum atomic E-state index is 0.178. The third-order valence-corrected chi connectivity index (χ3v) is 2.92. The Morgan fingerprint density at radius 1 is 1.46 bits per heavy atom. The fraction of sp³-hybridized carbons (Fsp3) is 0.333. The van der Waals surface area contributed by atoms with Crippen LogP contribution in [0.4, 0.5) is 0 Å². The number of hydrogen-bond donors (Lipinski definition) is 2. The first-order valence-corrected chi connectivity index (χ1v) is 5.36. The average Bonchev–Trinajstić information content (AvgIpc) is 2.16. The van der Waals surface area contributed by atoms with Gasteiger partial charge < -0.3 is 10.8 Å². The SMILES string of the molecule is NCc1cc(Cl)ccc1SCCO. The van der Waals surface area contributed by atoms with Crippen molar-refractivity contribution in [2.45, 2.75) is 11.4 Å². The zero-order chi connectivity index (χ0) is 9.68. The molecule has 0 bridgehead atoms. The number of nitrogens with two attached hydrogens (primary N) is 1. The van der Waals surface area contributed by atoms with Crippen LogP contribution in [0.5, 0.6) is 0 Å². The second-order valence-electron chi connectivity index (χ2n) is 2.53. The fourth-order valence-corrected chi connectivity index (χ4v) is 2.00. The number of aliphatic hydroxyl groups excluding tert-OH is 1. The van der Waals surface area contributed by atoms with Crippen LogP contribution in [0, 0.1) is 0 Å². The van der Waals surface area contributed by atoms with Crippen molar-refractivity contribution < 1.29 is 5.11 Å². The summed E-state index contributed by atoms with van der Waals surface area (Å²) >= 11 is 7.41. The molecule has 0 aliphatic rings. The van der Waals surface area contributed by atoms with Crippen LogP contribution in [0.3, 0.4) is 0 Å². The number of rotatable bonds is 4. The molecular weight excluding hydrogens is 206 g/mol. The quantitative estimate of drug-likeness (QED) is 0.758. The van der Waals surface area contributed by atoms with E-state index in [1.54, 1.807) is 11.8 Å². The van der Waals surface area contributed by atoms with Crippen LogP contribution in [-0.4, -0.2) is 17.5 Å². The molecule has 1 rings (SSSR count). The van der Waals surface area contributed by atoms with Crippen LogP contribution in [0.25, 0.3) is 0 Å². The van der Waals surface area contributed by atoms with Gasteiger partial charge in [-0.15, -0.1) is 11.8 Å². The maximum atomic E-state index is 8.67. The lowest BCUT2D eigenvalue weighted by molar-refractivity contribution is 0.322. The molecule has 72 valence electrons. The summed E-state index contributed by atoms with van der Waals surface area (Å²) in [4.78, 5) is 1.10. The number of thioether (sulfide) groups is 1. The Balaban J connectivity index is 2.79. The molecule has 0 aliphatic heterocycles. The Labute approximate surface area is 87.1 Å². The van der Waals surface area contributed by atoms with Crippen molar-refractivity contribution >= 4 is 23.4 Å². The van der Waals surface area contributed by atoms with Crippen LogP contribution in [0.1, 0.15) is 5.56 Å². The van der Waals surface area contributed by atoms with Crippen molar-refractivity contribution in [3.05, 3.63) is 28.8 Å². The van der Waals surface area contributed by atoms with Gasteiger partial charge >= 0.3 is 0 Å². The second-order valence-corrected chi connectivity index (χ2v) is 4.10. The first-order chi connectivity index (χ1) is 6.27. The van der Waals surface area contributed by atoms with Crippen LogP contribution >= 0.6 is 23.4 Å². The van der Waals surface area contributed by atoms with Gasteiger partial charge in [-0.2, -0.15) is 0 Å². The molecule has 0 amide bonds. The van der Waals surface area contributed by atoms with Crippen molar-refractivity contribution in [2.24, 2.45) is 5.73 Å². The topological polar surface area (TPSA) is 46.2 Å². The maximum absolute atomic E-state index is 8.67. The third kappa shape index (κ3) is 3.19. The van der Waals surface area contributed by atoms with E-state index in [1.165, 1.54) is 0 Å². The molecular formula is C9H12ClNOS. The van der Waals surface area contributed by atoms with Gasteiger partial charge in [-0.3, -0.25) is 0 Å². The van der Waals surface area contributed by atoms with Crippen molar-refractivity contribution in [3.8, 4) is 0 Å². The van der Waals surface area contributed by atoms with Gasteiger partial charge in [0.05, 0.1) is 6.61 Å². The minimum Gasteiger partial charge on any atom is -0.396 e. The molecule has 0 aliphatic carbocycles. The van der Waals surface area contributed by atoms with Gasteiger partial charge in [0.2, 0.25) is 0 Å². The van der Waals surface area contributed by atoms with Gasteiger partial charge in [-0.1, -0.05) is 11.6 Å². The molecule has 0 unspecified atom stereocenters. The van der Waals surface area contributed by atoms with Crippen molar-refractivity contribution in [3.63, 3.8) is 0 Å². The molecule has 0 fully saturated rings. The zero-order valence-electron chi connectivity index (χ0n) is 7.16. The molecule has 1 aromatic rings. The molecule has 3 N–H and O–H groups in total. The van der Waals surface area contributed by atoms with E-state index in [1.807, 2.05) is 18.2 Å². The van der Waals surface area contributed by atoms with E-state index in [-0.39, 0.29) is 6.61 Å². The van der Waals surface area contributed by atoms with E-state index in [0.717, 1.165) is 10.5 Å². The van der Waals surface area contributed by atoms with Gasteiger partial charge in [-0.05, 0) is 23.8 Å². The monoisotopic (exact) mass is 217 g/mol. The van der Waals surface area contributed by atoms with Crippen LogP contribution in [-0.2, 0) is 6.54 Å². The first kappa shape index (κ1) is 10.9. The molecule has 0 radical (unpaired) electrons. The largest absolute Gasteiger partial charge is 0.396 e. The smallest absolute Gasteiger partial charge is 0.0525 e. The average molecular weight is 218 g/mol. The van der Waals surface area contributed by atoms with Gasteiger partial charge in [0, 0.05) is 22.2 Å². The summed E-state index contributed by atoms with van der Waals surface area (Å²) in [5.74, 6) is 0.689. The predicted octanol–water partition coefficient (Wildman–Crippen LogP) is 1.88. The van der Waals surface area contributed by atoms with E-state index < -0.39 is 0 Å². The molecule has 0 atom stereocenters. The van der Waals surface area contributed by atoms with Crippen molar-refractivity contribution in [1.82, 2.24) is 0 Å². The Morgan fingerprint density at radius 3 is 2.85 bits per heavy atom. The highest BCUT2D eigenvalue weighted by atomic mass is 35.5. The Morgan fingerprint density at radius 2 is 2.23 bits per heavy atom. The van der Waals surface area contributed by atoms with E-state index in [4.69, 9.17) is 22.4 Å². The molecule has 1 aromatic carbocycles. The molecule has 0 aromatic heterocycles. The minimum absolute atomic E-state index is 0.178. The second kappa shape index (κ2) is 5.50. The lowest BCUT2D eigenvalue weighted by atomic mass is 10.2. The summed E-state index contributed by atoms with van der Waals surface area (Å²) in [6.07, 6.45) is 0. The van der Waals surface area contributed by atoms with E-state index in [0.29, 0.717) is 17.3 Å². The fourth-order valence-electron chi connectivity index (χ4n) is 1.00. The van der Waals surface area contributed by atoms with E-state index in [9.17, 15) is 0 Å². The lowest BCUT2D eigenvalue weighted by Crippen LogP contribution is -1.99. The lowest BCUT2D eigenvalue weighted by Gasteiger charge is -2.06. The highest BCUT2D eigenvalue weighted by molar-refractivity contribution is 7.99. The van der Waals surface area contributed by atoms with Crippen LogP contribution in [0.2, 0.25) is 5.02 Å². The van der Waals surface area contributed by atoms with Gasteiger partial charge in [0.1, 0.15) is 0 Å². The standard InChI is InChI=1S/C9H12ClNOS/c10-8-1-2-9(13-4-3-12)7(5-8)6-11/h1-2,5,12H,3-4,6,11H2. The van der Waals surface area contributed by atoms with Crippen LogP contribution < -0.4 is 5.73 Å². The van der Waals surface area contributed by atoms with Crippen LogP contribution in [0.15, 0.2) is 23.1 Å². The number of halogens is 1. The van der Waals surface area contributed by atoms with E-state index in [2.05, 4.69) is 0 Å². The Hall–Kier alpha value is -0.220. The summed E-state index contributed by atoms with van der Waals surface area (Å²) in [6, 6.07) is 5.63. The van der Waals surface area contributed by atoms with Crippen molar-refractivity contribution in [2.75, 3.05) is 12.4 Å². The first-order valence-electron chi connectivity index (χ1n) is 4.00. The summed E-state index contributed by atoms with van der Waals surface area (Å²) in [5.41, 5.74) is 6.59. The number of benzene rings is 1. The Kier molecular flexibility index (Phi) is 4.59. The van der Waals surface area contributed by atoms with Crippen molar-refractivity contribution in [1.29, 1.82) is 0 Å². The maximum Gasteiger partial charge on any atom is 0.0525 e. The normalized spacial score (nSPS) is 10.4. The molecule has 2 nitrogen and oxygen atoms in total. The number of aliphatic hydroxyl groups is 1. The summed E-state index contributed by atoms with van der Waals surface area (Å²) in [5, 5.41) is 9.37. The summed E-state index contributed by atoms with van der Waals surface area (Å²) < 4.78 is 0. The zero-order valence-corrected chi connectivity index (χ0v) is 8.74. The van der Waals surface area contributed by atoms with E-state index >= 15 is 0 Å². The van der Waals surface area contributed by atoms with Gasteiger partial charge in [-0.25, -0.2) is 0 Å². The molecule has 4 heteroatoms. The highest BCUT2D eigenvalue weighted by Crippen LogP contribution is 2.25.